The number of piperidine rings is 1. The SMILES string of the molecule is CCCN1CCN(C(=O)[C@H](C)C2CCN(S(=O)(=O)c3ccc(Br)s3)CC2)CC1. The zero-order valence-electron chi connectivity index (χ0n) is 16.6. The first-order chi connectivity index (χ1) is 13.3. The second-order valence-electron chi connectivity index (χ2n) is 7.76. The van der Waals surface area contributed by atoms with Gasteiger partial charge in [0, 0.05) is 45.2 Å². The number of hydrogen-bond donors (Lipinski definition) is 0. The molecule has 0 aromatic carbocycles. The Balaban J connectivity index is 1.52. The lowest BCUT2D eigenvalue weighted by Gasteiger charge is -2.38. The van der Waals surface area contributed by atoms with E-state index in [1.807, 2.05) is 11.8 Å². The molecule has 0 aliphatic carbocycles. The van der Waals surface area contributed by atoms with E-state index in [1.54, 1.807) is 16.4 Å². The zero-order valence-corrected chi connectivity index (χ0v) is 19.9. The van der Waals surface area contributed by atoms with Crippen LogP contribution in [0.25, 0.3) is 0 Å². The number of thiophene rings is 1. The summed E-state index contributed by atoms with van der Waals surface area (Å²) in [7, 11) is -3.42. The second-order valence-corrected chi connectivity index (χ2v) is 12.4. The van der Waals surface area contributed by atoms with Crippen LogP contribution in [0.5, 0.6) is 0 Å². The Morgan fingerprint density at radius 2 is 1.82 bits per heavy atom. The summed E-state index contributed by atoms with van der Waals surface area (Å²) in [5.41, 5.74) is 0. The average molecular weight is 493 g/mol. The molecule has 0 saturated carbocycles. The van der Waals surface area contributed by atoms with E-state index in [2.05, 4.69) is 27.8 Å². The molecular weight excluding hydrogens is 462 g/mol. The van der Waals surface area contributed by atoms with Crippen LogP contribution in [0.4, 0.5) is 0 Å². The maximum absolute atomic E-state index is 12.9. The minimum atomic E-state index is -3.42. The number of carbonyl (C=O) groups excluding carboxylic acids is 1. The molecule has 0 radical (unpaired) electrons. The van der Waals surface area contributed by atoms with Crippen molar-refractivity contribution < 1.29 is 13.2 Å². The molecule has 1 amide bonds. The van der Waals surface area contributed by atoms with Gasteiger partial charge in [-0.25, -0.2) is 8.42 Å². The van der Waals surface area contributed by atoms with Gasteiger partial charge >= 0.3 is 0 Å². The van der Waals surface area contributed by atoms with E-state index in [1.165, 1.54) is 11.3 Å². The van der Waals surface area contributed by atoms with Crippen molar-refractivity contribution in [3.63, 3.8) is 0 Å². The van der Waals surface area contributed by atoms with Crippen molar-refractivity contribution in [2.24, 2.45) is 11.8 Å². The number of rotatable bonds is 6. The second kappa shape index (κ2) is 9.55. The molecule has 0 N–H and O–H groups in total. The Morgan fingerprint density at radius 3 is 2.36 bits per heavy atom. The van der Waals surface area contributed by atoms with Crippen molar-refractivity contribution in [3.8, 4) is 0 Å². The van der Waals surface area contributed by atoms with Crippen LogP contribution in [0.2, 0.25) is 0 Å². The number of carbonyl (C=O) groups is 1. The summed E-state index contributed by atoms with van der Waals surface area (Å²) in [5.74, 6) is 0.445. The van der Waals surface area contributed by atoms with Gasteiger partial charge in [-0.2, -0.15) is 4.31 Å². The van der Waals surface area contributed by atoms with Crippen molar-refractivity contribution in [2.75, 3.05) is 45.8 Å². The summed E-state index contributed by atoms with van der Waals surface area (Å²) < 4.78 is 28.3. The molecule has 9 heteroatoms. The van der Waals surface area contributed by atoms with Gasteiger partial charge < -0.3 is 4.90 Å². The quantitative estimate of drug-likeness (QED) is 0.613. The smallest absolute Gasteiger partial charge is 0.252 e. The third-order valence-electron chi connectivity index (χ3n) is 5.96. The van der Waals surface area contributed by atoms with Crippen molar-refractivity contribution >= 4 is 43.2 Å². The highest BCUT2D eigenvalue weighted by Crippen LogP contribution is 2.33. The van der Waals surface area contributed by atoms with E-state index in [4.69, 9.17) is 0 Å². The van der Waals surface area contributed by atoms with Crippen LogP contribution in [0.3, 0.4) is 0 Å². The molecule has 1 aromatic rings. The first-order valence-electron chi connectivity index (χ1n) is 10.1. The predicted molar refractivity (Wildman–Crippen MR) is 116 cm³/mol. The predicted octanol–water partition coefficient (Wildman–Crippen LogP) is 3.10. The Bertz CT molecular complexity index is 767. The van der Waals surface area contributed by atoms with Crippen molar-refractivity contribution in [2.45, 2.75) is 37.3 Å². The topological polar surface area (TPSA) is 60.9 Å². The minimum Gasteiger partial charge on any atom is -0.340 e. The van der Waals surface area contributed by atoms with Gasteiger partial charge in [-0.05, 0) is 59.8 Å². The van der Waals surface area contributed by atoms with Crippen molar-refractivity contribution in [3.05, 3.63) is 15.9 Å². The lowest BCUT2D eigenvalue weighted by molar-refractivity contribution is -0.139. The fourth-order valence-corrected chi connectivity index (χ4v) is 7.81. The van der Waals surface area contributed by atoms with E-state index in [9.17, 15) is 13.2 Å². The molecule has 2 aliphatic rings. The number of halogens is 1. The Morgan fingerprint density at radius 1 is 1.18 bits per heavy atom. The van der Waals surface area contributed by atoms with Gasteiger partial charge in [0.2, 0.25) is 5.91 Å². The molecule has 6 nitrogen and oxygen atoms in total. The van der Waals surface area contributed by atoms with E-state index in [0.29, 0.717) is 17.3 Å². The summed E-state index contributed by atoms with van der Waals surface area (Å²) in [6.07, 6.45) is 2.64. The number of hydrogen-bond acceptors (Lipinski definition) is 5. The summed E-state index contributed by atoms with van der Waals surface area (Å²) >= 11 is 4.58. The number of piperazine rings is 1. The summed E-state index contributed by atoms with van der Waals surface area (Å²) in [5, 5.41) is 0. The monoisotopic (exact) mass is 491 g/mol. The molecule has 2 fully saturated rings. The number of sulfonamides is 1. The van der Waals surface area contributed by atoms with E-state index in [0.717, 1.165) is 55.8 Å². The summed E-state index contributed by atoms with van der Waals surface area (Å²) in [4.78, 5) is 17.4. The maximum Gasteiger partial charge on any atom is 0.252 e. The van der Waals surface area contributed by atoms with Crippen LogP contribution in [0.15, 0.2) is 20.1 Å². The van der Waals surface area contributed by atoms with Crippen LogP contribution in [0.1, 0.15) is 33.1 Å². The molecule has 2 saturated heterocycles. The van der Waals surface area contributed by atoms with Crippen LogP contribution in [0, 0.1) is 11.8 Å². The lowest BCUT2D eigenvalue weighted by atomic mass is 9.85. The van der Waals surface area contributed by atoms with E-state index < -0.39 is 10.0 Å². The first-order valence-corrected chi connectivity index (χ1v) is 13.1. The molecule has 0 bridgehead atoms. The normalized spacial score (nSPS) is 21.8. The third-order valence-corrected chi connectivity index (χ3v) is 9.95. The molecule has 0 spiro atoms. The Hall–Kier alpha value is -0.480. The van der Waals surface area contributed by atoms with Crippen LogP contribution in [-0.4, -0.2) is 74.2 Å². The first kappa shape index (κ1) is 22.2. The van der Waals surface area contributed by atoms with E-state index >= 15 is 0 Å². The number of amides is 1. The van der Waals surface area contributed by atoms with Gasteiger partial charge in [0.1, 0.15) is 4.21 Å². The van der Waals surface area contributed by atoms with Gasteiger partial charge in [0.05, 0.1) is 3.79 Å². The van der Waals surface area contributed by atoms with Crippen molar-refractivity contribution in [1.29, 1.82) is 0 Å². The van der Waals surface area contributed by atoms with Gasteiger partial charge in [-0.15, -0.1) is 11.3 Å². The lowest BCUT2D eigenvalue weighted by Crippen LogP contribution is -2.51. The average Bonchev–Trinajstić information content (AvgIpc) is 3.15. The fourth-order valence-electron chi connectivity index (χ4n) is 4.18. The third kappa shape index (κ3) is 4.98. The molecule has 158 valence electrons. The molecule has 1 atom stereocenters. The summed E-state index contributed by atoms with van der Waals surface area (Å²) in [6.45, 7) is 9.82. The Kier molecular flexibility index (Phi) is 7.58. The van der Waals surface area contributed by atoms with Crippen LogP contribution in [-0.2, 0) is 14.8 Å². The Labute approximate surface area is 181 Å². The molecular formula is C19H30BrN3O3S2. The van der Waals surface area contributed by atoms with Gasteiger partial charge in [-0.1, -0.05) is 13.8 Å². The minimum absolute atomic E-state index is 0.0431. The molecule has 0 unspecified atom stereocenters. The molecule has 28 heavy (non-hydrogen) atoms. The molecule has 1 aromatic heterocycles. The van der Waals surface area contributed by atoms with E-state index in [-0.39, 0.29) is 17.7 Å². The fraction of sp³-hybridized carbons (Fsp3) is 0.737. The van der Waals surface area contributed by atoms with Crippen LogP contribution >= 0.6 is 27.3 Å². The number of nitrogens with zero attached hydrogens (tertiary/aromatic N) is 3. The standard InChI is InChI=1S/C19H30BrN3O3S2/c1-3-8-21-11-13-22(14-12-21)19(24)15(2)16-6-9-23(10-7-16)28(25,26)18-5-4-17(20)27-18/h4-5,15-16H,3,6-14H2,1-2H3/t15-/m1/s1. The maximum atomic E-state index is 12.9. The highest BCUT2D eigenvalue weighted by atomic mass is 79.9. The highest BCUT2D eigenvalue weighted by molar-refractivity contribution is 9.11. The van der Waals surface area contributed by atoms with Crippen molar-refractivity contribution in [1.82, 2.24) is 14.1 Å². The van der Waals surface area contributed by atoms with Gasteiger partial charge in [0.15, 0.2) is 0 Å². The summed E-state index contributed by atoms with van der Waals surface area (Å²) in [6, 6.07) is 3.42. The highest BCUT2D eigenvalue weighted by Gasteiger charge is 2.35. The van der Waals surface area contributed by atoms with Crippen LogP contribution < -0.4 is 0 Å². The van der Waals surface area contributed by atoms with Gasteiger partial charge in [0.25, 0.3) is 10.0 Å². The molecule has 3 heterocycles. The molecule has 2 aliphatic heterocycles. The van der Waals surface area contributed by atoms with Gasteiger partial charge in [-0.3, -0.25) is 9.69 Å². The zero-order chi connectivity index (χ0) is 20.3. The largest absolute Gasteiger partial charge is 0.340 e. The molecule has 3 rings (SSSR count).